The molecule has 0 spiro atoms. The number of unbranched alkanes of at least 4 members (excludes halogenated alkanes) is 20. The van der Waals surface area contributed by atoms with E-state index >= 15 is 0 Å². The van der Waals surface area contributed by atoms with Crippen LogP contribution in [0.4, 0.5) is 0 Å². The highest BCUT2D eigenvalue weighted by atomic mass is 16.5. The first-order chi connectivity index (χ1) is 28.7. The third-order valence-corrected chi connectivity index (χ3v) is 12.2. The quantitative estimate of drug-likeness (QED) is 0.0518. The molecule has 59 heavy (non-hydrogen) atoms. The van der Waals surface area contributed by atoms with Gasteiger partial charge in [0.05, 0.1) is 13.2 Å². The number of aromatic hydroxyl groups is 2. The number of hydrogen-bond acceptors (Lipinski definition) is 6. The smallest absolute Gasteiger partial charge is 0.305 e. The molecule has 0 amide bonds. The molecule has 2 N–H and O–H groups in total. The van der Waals surface area contributed by atoms with Gasteiger partial charge in [-0.25, -0.2) is 0 Å². The monoisotopic (exact) mass is 821 g/mol. The van der Waals surface area contributed by atoms with Crippen LogP contribution in [-0.2, 0) is 19.1 Å². The van der Waals surface area contributed by atoms with E-state index in [9.17, 15) is 19.8 Å². The van der Waals surface area contributed by atoms with Gasteiger partial charge in [0, 0.05) is 18.3 Å². The Bertz CT molecular complexity index is 1240. The molecule has 0 fully saturated rings. The maximum atomic E-state index is 12.7. The van der Waals surface area contributed by atoms with Crippen molar-refractivity contribution in [3.8, 4) is 11.5 Å². The molecular weight excluding hydrogens is 733 g/mol. The fraction of sp³-hybridized carbons (Fsp3) is 0.736. The number of rotatable bonds is 38. The number of phenols is 2. The van der Waals surface area contributed by atoms with Crippen LogP contribution < -0.4 is 0 Å². The Morgan fingerprint density at radius 3 is 1.07 bits per heavy atom. The third kappa shape index (κ3) is 26.0. The number of carbonyl (C=O) groups excluding carboxylic acids is 2. The maximum absolute atomic E-state index is 12.7. The Morgan fingerprint density at radius 1 is 0.458 bits per heavy atom. The van der Waals surface area contributed by atoms with Crippen LogP contribution in [0.15, 0.2) is 48.5 Å². The molecular formula is C53H88O6. The van der Waals surface area contributed by atoms with Gasteiger partial charge in [0.1, 0.15) is 11.5 Å². The van der Waals surface area contributed by atoms with E-state index < -0.39 is 5.41 Å². The van der Waals surface area contributed by atoms with E-state index in [0.29, 0.717) is 36.2 Å². The molecule has 0 saturated heterocycles. The van der Waals surface area contributed by atoms with Gasteiger partial charge in [-0.15, -0.1) is 0 Å². The Hall–Kier alpha value is -3.02. The second-order valence-corrected chi connectivity index (χ2v) is 18.4. The van der Waals surface area contributed by atoms with E-state index in [1.165, 1.54) is 116 Å². The number of hydrogen-bond donors (Lipinski definition) is 2. The van der Waals surface area contributed by atoms with Crippen molar-refractivity contribution in [3.05, 3.63) is 59.7 Å². The van der Waals surface area contributed by atoms with Crippen LogP contribution in [0, 0.1) is 5.41 Å². The second kappa shape index (κ2) is 33.7. The molecule has 336 valence electrons. The Balaban J connectivity index is 1.64. The molecule has 0 radical (unpaired) electrons. The Morgan fingerprint density at radius 2 is 0.746 bits per heavy atom. The van der Waals surface area contributed by atoms with Gasteiger partial charge in [0.15, 0.2) is 0 Å². The van der Waals surface area contributed by atoms with Crippen molar-refractivity contribution < 1.29 is 29.3 Å². The first-order valence-corrected chi connectivity index (χ1v) is 24.5. The highest BCUT2D eigenvalue weighted by Crippen LogP contribution is 2.35. The lowest BCUT2D eigenvalue weighted by Gasteiger charge is -2.24. The minimum atomic E-state index is -0.471. The van der Waals surface area contributed by atoms with Gasteiger partial charge < -0.3 is 19.7 Å². The number of para-hydroxylation sites is 2. The molecule has 2 aromatic carbocycles. The van der Waals surface area contributed by atoms with Crippen molar-refractivity contribution in [2.75, 3.05) is 13.2 Å². The van der Waals surface area contributed by atoms with Gasteiger partial charge in [0.2, 0.25) is 0 Å². The maximum Gasteiger partial charge on any atom is 0.305 e. The zero-order valence-electron chi connectivity index (χ0n) is 38.4. The van der Waals surface area contributed by atoms with Gasteiger partial charge in [0.25, 0.3) is 0 Å². The fourth-order valence-corrected chi connectivity index (χ4v) is 8.39. The van der Waals surface area contributed by atoms with Gasteiger partial charge in [-0.3, -0.25) is 9.59 Å². The van der Waals surface area contributed by atoms with Gasteiger partial charge in [-0.2, -0.15) is 0 Å². The summed E-state index contributed by atoms with van der Waals surface area (Å²) in [4.78, 5) is 25.4. The highest BCUT2D eigenvalue weighted by Gasteiger charge is 2.23. The molecule has 0 aliphatic rings. The lowest BCUT2D eigenvalue weighted by atomic mass is 9.87. The molecule has 2 atom stereocenters. The van der Waals surface area contributed by atoms with Crippen molar-refractivity contribution in [3.63, 3.8) is 0 Å². The van der Waals surface area contributed by atoms with E-state index in [1.807, 2.05) is 50.2 Å². The number of carbonyl (C=O) groups is 2. The molecule has 0 aliphatic heterocycles. The zero-order valence-corrected chi connectivity index (χ0v) is 38.4. The minimum Gasteiger partial charge on any atom is -0.508 e. The predicted molar refractivity (Wildman–Crippen MR) is 247 cm³/mol. The van der Waals surface area contributed by atoms with Crippen LogP contribution in [0.1, 0.15) is 243 Å². The first kappa shape index (κ1) is 52.1. The van der Waals surface area contributed by atoms with Gasteiger partial charge >= 0.3 is 11.9 Å². The topological polar surface area (TPSA) is 93.1 Å². The molecule has 0 bridgehead atoms. The van der Waals surface area contributed by atoms with E-state index in [-0.39, 0.29) is 25.2 Å². The summed E-state index contributed by atoms with van der Waals surface area (Å²) in [5.41, 5.74) is 1.58. The summed E-state index contributed by atoms with van der Waals surface area (Å²) in [6, 6.07) is 15.4. The summed E-state index contributed by atoms with van der Waals surface area (Å²) in [5, 5.41) is 21.2. The predicted octanol–water partition coefficient (Wildman–Crippen LogP) is 15.8. The largest absolute Gasteiger partial charge is 0.508 e. The molecule has 2 rings (SSSR count). The molecule has 0 aliphatic carbocycles. The number of ether oxygens (including phenoxy) is 2. The lowest BCUT2D eigenvalue weighted by Crippen LogP contribution is -2.28. The molecule has 2 unspecified atom stereocenters. The van der Waals surface area contributed by atoms with Crippen molar-refractivity contribution in [2.24, 2.45) is 5.41 Å². The number of phenolic OH excluding ortho intramolecular Hbond substituents is 2. The van der Waals surface area contributed by atoms with Crippen LogP contribution in [0.2, 0.25) is 0 Å². The van der Waals surface area contributed by atoms with Crippen molar-refractivity contribution in [2.45, 2.75) is 232 Å². The summed E-state index contributed by atoms with van der Waals surface area (Å²) in [6.07, 6.45) is 34.2. The van der Waals surface area contributed by atoms with Crippen molar-refractivity contribution in [1.29, 1.82) is 0 Å². The third-order valence-electron chi connectivity index (χ3n) is 12.2. The van der Waals surface area contributed by atoms with Crippen LogP contribution >= 0.6 is 0 Å². The molecule has 2 aromatic rings. The summed E-state index contributed by atoms with van der Waals surface area (Å²) < 4.78 is 11.3. The molecule has 6 nitrogen and oxygen atoms in total. The lowest BCUT2D eigenvalue weighted by molar-refractivity contribution is -0.152. The average molecular weight is 821 g/mol. The summed E-state index contributed by atoms with van der Waals surface area (Å²) in [7, 11) is 0. The first-order valence-electron chi connectivity index (χ1n) is 24.5. The van der Waals surface area contributed by atoms with Crippen molar-refractivity contribution >= 4 is 11.9 Å². The molecule has 0 aromatic heterocycles. The number of esters is 2. The standard InChI is InChI=1S/C53H88O6/c1-5-7-9-11-13-15-17-19-21-23-33-45(47-37-27-29-39-49(47)54)35-25-31-41-51(56)58-43-53(3,4)44-59-52(57)42-32-26-36-46(48-38-28-30-40-50(48)55)34-24-22-20-18-16-14-12-10-8-6-2/h27-30,37-40,45-46,54-55H,5-26,31-36,41-44H2,1-4H3. The molecule has 0 heterocycles. The van der Waals surface area contributed by atoms with E-state index in [2.05, 4.69) is 13.8 Å². The second-order valence-electron chi connectivity index (χ2n) is 18.4. The van der Waals surface area contributed by atoms with Crippen molar-refractivity contribution in [1.82, 2.24) is 0 Å². The van der Waals surface area contributed by atoms with E-state index in [4.69, 9.17) is 9.47 Å². The molecule has 6 heteroatoms. The van der Waals surface area contributed by atoms with Gasteiger partial charge in [-0.1, -0.05) is 205 Å². The van der Waals surface area contributed by atoms with Gasteiger partial charge in [-0.05, 0) is 73.6 Å². The van der Waals surface area contributed by atoms with E-state index in [0.717, 1.165) is 75.3 Å². The zero-order chi connectivity index (χ0) is 42.8. The summed E-state index contributed by atoms with van der Waals surface area (Å²) >= 11 is 0. The Labute approximate surface area is 362 Å². The minimum absolute atomic E-state index is 0.208. The SMILES string of the molecule is CCCCCCCCCCCCC(CCCCC(=O)OCC(C)(C)COC(=O)CCCCC(CCCCCCCCCCCC)c1ccccc1O)c1ccccc1O. The van der Waals surface area contributed by atoms with Crippen LogP contribution in [0.3, 0.4) is 0 Å². The summed E-state index contributed by atoms with van der Waals surface area (Å²) in [5.74, 6) is 0.912. The average Bonchev–Trinajstić information content (AvgIpc) is 3.23. The molecule has 0 saturated carbocycles. The van der Waals surface area contributed by atoms with Crippen LogP contribution in [0.25, 0.3) is 0 Å². The normalized spacial score (nSPS) is 12.7. The van der Waals surface area contributed by atoms with Crippen LogP contribution in [-0.4, -0.2) is 35.4 Å². The Kier molecular flexibility index (Phi) is 29.7. The summed E-state index contributed by atoms with van der Waals surface area (Å²) in [6.45, 7) is 8.87. The van der Waals surface area contributed by atoms with Crippen LogP contribution in [0.5, 0.6) is 11.5 Å². The number of benzene rings is 2. The highest BCUT2D eigenvalue weighted by molar-refractivity contribution is 5.69. The fourth-order valence-electron chi connectivity index (χ4n) is 8.39. The van der Waals surface area contributed by atoms with E-state index in [1.54, 1.807) is 12.1 Å².